The molecule has 0 saturated carbocycles. The minimum atomic E-state index is -0.832. The molecule has 0 saturated heterocycles. The number of carbonyl (C=O) groups is 1. The second-order valence-corrected chi connectivity index (χ2v) is 5.75. The zero-order chi connectivity index (χ0) is 13.2. The molecular formula is C15H15NO2S. The van der Waals surface area contributed by atoms with Crippen LogP contribution in [0.2, 0.25) is 0 Å². The minimum absolute atomic E-state index is 0.416. The summed E-state index contributed by atoms with van der Waals surface area (Å²) in [4.78, 5) is 11.5. The third-order valence-corrected chi connectivity index (χ3v) is 4.52. The van der Waals surface area contributed by atoms with E-state index in [1.165, 1.54) is 22.5 Å². The van der Waals surface area contributed by atoms with Gasteiger partial charge in [0.25, 0.3) is 0 Å². The van der Waals surface area contributed by atoms with Crippen LogP contribution < -0.4 is 5.32 Å². The van der Waals surface area contributed by atoms with Gasteiger partial charge in [0.1, 0.15) is 4.88 Å². The maximum absolute atomic E-state index is 11.0. The van der Waals surface area contributed by atoms with Crippen LogP contribution in [0.15, 0.2) is 35.7 Å². The predicted octanol–water partition coefficient (Wildman–Crippen LogP) is 2.70. The van der Waals surface area contributed by atoms with Crippen molar-refractivity contribution in [2.45, 2.75) is 25.4 Å². The number of aromatic carboxylic acids is 1. The summed E-state index contributed by atoms with van der Waals surface area (Å²) in [5, 5.41) is 14.4. The molecule has 19 heavy (non-hydrogen) atoms. The van der Waals surface area contributed by atoms with Gasteiger partial charge in [-0.3, -0.25) is 0 Å². The molecule has 3 nitrogen and oxygen atoms in total. The van der Waals surface area contributed by atoms with Crippen LogP contribution in [-0.4, -0.2) is 17.1 Å². The van der Waals surface area contributed by atoms with Crippen molar-refractivity contribution in [1.82, 2.24) is 5.32 Å². The van der Waals surface area contributed by atoms with Crippen LogP contribution in [0.4, 0.5) is 0 Å². The van der Waals surface area contributed by atoms with Crippen molar-refractivity contribution in [2.24, 2.45) is 0 Å². The molecule has 1 aliphatic carbocycles. The van der Waals surface area contributed by atoms with Crippen molar-refractivity contribution >= 4 is 17.3 Å². The van der Waals surface area contributed by atoms with Gasteiger partial charge < -0.3 is 10.4 Å². The predicted molar refractivity (Wildman–Crippen MR) is 75.8 cm³/mol. The summed E-state index contributed by atoms with van der Waals surface area (Å²) in [6.45, 7) is 0.629. The van der Waals surface area contributed by atoms with E-state index in [1.807, 2.05) is 11.4 Å². The van der Waals surface area contributed by atoms with E-state index in [2.05, 4.69) is 29.6 Å². The normalized spacial score (nSPS) is 14.5. The third-order valence-electron chi connectivity index (χ3n) is 3.57. The molecule has 98 valence electrons. The first-order valence-corrected chi connectivity index (χ1v) is 7.22. The Bertz CT molecular complexity index is 581. The molecule has 2 N–H and O–H groups in total. The number of hydrogen-bond acceptors (Lipinski definition) is 3. The SMILES string of the molecule is O=C(O)c1sccc1CNC1Cc2ccccc2C1. The maximum Gasteiger partial charge on any atom is 0.346 e. The first-order valence-electron chi connectivity index (χ1n) is 6.34. The van der Waals surface area contributed by atoms with Gasteiger partial charge in [-0.1, -0.05) is 24.3 Å². The van der Waals surface area contributed by atoms with Crippen molar-refractivity contribution < 1.29 is 9.90 Å². The van der Waals surface area contributed by atoms with E-state index in [9.17, 15) is 4.79 Å². The number of hydrogen-bond donors (Lipinski definition) is 2. The first-order chi connectivity index (χ1) is 9.24. The summed E-state index contributed by atoms with van der Waals surface area (Å²) < 4.78 is 0. The number of carboxylic acids is 1. The lowest BCUT2D eigenvalue weighted by Crippen LogP contribution is -2.29. The van der Waals surface area contributed by atoms with Crippen LogP contribution in [-0.2, 0) is 19.4 Å². The van der Waals surface area contributed by atoms with E-state index in [4.69, 9.17) is 5.11 Å². The van der Waals surface area contributed by atoms with Gasteiger partial charge in [-0.25, -0.2) is 4.79 Å². The molecule has 0 atom stereocenters. The highest BCUT2D eigenvalue weighted by Crippen LogP contribution is 2.23. The largest absolute Gasteiger partial charge is 0.477 e. The highest BCUT2D eigenvalue weighted by atomic mass is 32.1. The average molecular weight is 273 g/mol. The van der Waals surface area contributed by atoms with E-state index in [0.29, 0.717) is 17.5 Å². The van der Waals surface area contributed by atoms with Crippen LogP contribution in [0.5, 0.6) is 0 Å². The molecule has 0 bridgehead atoms. The highest BCUT2D eigenvalue weighted by Gasteiger charge is 2.21. The number of benzene rings is 1. The van der Waals surface area contributed by atoms with Crippen molar-refractivity contribution in [3.8, 4) is 0 Å². The zero-order valence-electron chi connectivity index (χ0n) is 10.4. The third kappa shape index (κ3) is 2.55. The molecule has 1 aromatic heterocycles. The summed E-state index contributed by atoms with van der Waals surface area (Å²) in [6, 6.07) is 10.8. The van der Waals surface area contributed by atoms with Gasteiger partial charge in [-0.05, 0) is 41.0 Å². The summed E-state index contributed by atoms with van der Waals surface area (Å²) in [6.07, 6.45) is 2.06. The molecule has 0 spiro atoms. The second-order valence-electron chi connectivity index (χ2n) is 4.83. The Morgan fingerprint density at radius 1 is 1.26 bits per heavy atom. The van der Waals surface area contributed by atoms with Crippen LogP contribution >= 0.6 is 11.3 Å². The van der Waals surface area contributed by atoms with Crippen LogP contribution in [0, 0.1) is 0 Å². The molecule has 1 heterocycles. The molecule has 2 aromatic rings. The number of carboxylic acid groups (broad SMARTS) is 1. The Labute approximate surface area is 115 Å². The van der Waals surface area contributed by atoms with Crippen molar-refractivity contribution in [3.63, 3.8) is 0 Å². The Hall–Kier alpha value is -1.65. The quantitative estimate of drug-likeness (QED) is 0.900. The molecule has 3 rings (SSSR count). The van der Waals surface area contributed by atoms with Crippen molar-refractivity contribution in [3.05, 3.63) is 57.3 Å². The van der Waals surface area contributed by atoms with Gasteiger partial charge in [0, 0.05) is 12.6 Å². The van der Waals surface area contributed by atoms with E-state index in [-0.39, 0.29) is 0 Å². The Kier molecular flexibility index (Phi) is 3.36. The van der Waals surface area contributed by atoms with Gasteiger partial charge in [0.05, 0.1) is 0 Å². The van der Waals surface area contributed by atoms with Crippen LogP contribution in [0.25, 0.3) is 0 Å². The molecule has 1 aliphatic rings. The summed E-state index contributed by atoms with van der Waals surface area (Å²) >= 11 is 1.29. The van der Waals surface area contributed by atoms with Gasteiger partial charge >= 0.3 is 5.97 Å². The smallest absolute Gasteiger partial charge is 0.346 e. The number of rotatable bonds is 4. The van der Waals surface area contributed by atoms with Gasteiger partial charge in [0.2, 0.25) is 0 Å². The fraction of sp³-hybridized carbons (Fsp3) is 0.267. The Morgan fingerprint density at radius 2 is 1.95 bits per heavy atom. The molecule has 4 heteroatoms. The molecule has 0 fully saturated rings. The van der Waals surface area contributed by atoms with E-state index in [1.54, 1.807) is 0 Å². The van der Waals surface area contributed by atoms with Crippen molar-refractivity contribution in [2.75, 3.05) is 0 Å². The van der Waals surface area contributed by atoms with E-state index >= 15 is 0 Å². The first kappa shape index (κ1) is 12.4. The number of fused-ring (bicyclic) bond motifs is 1. The lowest BCUT2D eigenvalue weighted by Gasteiger charge is -2.11. The lowest BCUT2D eigenvalue weighted by atomic mass is 10.1. The average Bonchev–Trinajstić information content (AvgIpc) is 3.02. The number of nitrogens with one attached hydrogen (secondary N) is 1. The molecule has 0 amide bonds. The molecule has 1 aromatic carbocycles. The van der Waals surface area contributed by atoms with E-state index in [0.717, 1.165) is 18.4 Å². The lowest BCUT2D eigenvalue weighted by molar-refractivity contribution is 0.0701. The minimum Gasteiger partial charge on any atom is -0.477 e. The topological polar surface area (TPSA) is 49.3 Å². The molecule has 0 aliphatic heterocycles. The van der Waals surface area contributed by atoms with E-state index < -0.39 is 5.97 Å². The fourth-order valence-electron chi connectivity index (χ4n) is 2.62. The summed E-state index contributed by atoms with van der Waals surface area (Å²) in [5.74, 6) is -0.832. The summed E-state index contributed by atoms with van der Waals surface area (Å²) in [7, 11) is 0. The highest BCUT2D eigenvalue weighted by molar-refractivity contribution is 7.12. The van der Waals surface area contributed by atoms with Crippen LogP contribution in [0.1, 0.15) is 26.4 Å². The van der Waals surface area contributed by atoms with Gasteiger partial charge in [-0.15, -0.1) is 11.3 Å². The van der Waals surface area contributed by atoms with Crippen LogP contribution in [0.3, 0.4) is 0 Å². The van der Waals surface area contributed by atoms with Gasteiger partial charge in [-0.2, -0.15) is 0 Å². The molecule has 0 radical (unpaired) electrons. The summed E-state index contributed by atoms with van der Waals surface area (Å²) in [5.41, 5.74) is 3.70. The maximum atomic E-state index is 11.0. The Balaban J connectivity index is 1.63. The van der Waals surface area contributed by atoms with Crippen molar-refractivity contribution in [1.29, 1.82) is 0 Å². The molecular weight excluding hydrogens is 258 g/mol. The van der Waals surface area contributed by atoms with Gasteiger partial charge in [0.15, 0.2) is 0 Å². The fourth-order valence-corrected chi connectivity index (χ4v) is 3.38. The standard InChI is InChI=1S/C15H15NO2S/c17-15(18)14-12(5-6-19-14)9-16-13-7-10-3-1-2-4-11(10)8-13/h1-6,13,16H,7-9H2,(H,17,18). The second kappa shape index (κ2) is 5.15. The monoisotopic (exact) mass is 273 g/mol. The molecule has 0 unspecified atom stereocenters. The number of thiophene rings is 1. The Morgan fingerprint density at radius 3 is 2.58 bits per heavy atom. The zero-order valence-corrected chi connectivity index (χ0v) is 11.2.